The standard InChI is InChI=1S/C18H32O4/c1-2-3-4-6-9-12-15(19)18-16(22-18)13-10-7-5-8-11-14-17(20)21/h9,12,15-16,18-19H,2-8,10-11,13-14H2,1H3,(H,20,21)/b12-9-/t15-,16-,18-/m0/s1. The number of carbonyl (C=O) groups is 1. The van der Waals surface area contributed by atoms with Gasteiger partial charge in [0.15, 0.2) is 0 Å². The highest BCUT2D eigenvalue weighted by molar-refractivity contribution is 5.66. The van der Waals surface area contributed by atoms with Gasteiger partial charge < -0.3 is 14.9 Å². The second-order valence-corrected chi connectivity index (χ2v) is 6.25. The maximum absolute atomic E-state index is 10.4. The van der Waals surface area contributed by atoms with Crippen LogP contribution in [0.5, 0.6) is 0 Å². The fourth-order valence-electron chi connectivity index (χ4n) is 2.70. The molecule has 0 unspecified atom stereocenters. The Labute approximate surface area is 134 Å². The van der Waals surface area contributed by atoms with E-state index in [1.165, 1.54) is 19.3 Å². The number of hydrogen-bond acceptors (Lipinski definition) is 3. The second-order valence-electron chi connectivity index (χ2n) is 6.25. The van der Waals surface area contributed by atoms with Crippen molar-refractivity contribution in [3.05, 3.63) is 12.2 Å². The molecular formula is C18H32O4. The van der Waals surface area contributed by atoms with Crippen LogP contribution in [0.1, 0.15) is 77.6 Å². The van der Waals surface area contributed by atoms with E-state index in [0.717, 1.165) is 44.9 Å². The third-order valence-electron chi connectivity index (χ3n) is 4.15. The van der Waals surface area contributed by atoms with E-state index in [1.54, 1.807) is 0 Å². The fourth-order valence-corrected chi connectivity index (χ4v) is 2.70. The van der Waals surface area contributed by atoms with Crippen LogP contribution in [0.2, 0.25) is 0 Å². The molecule has 1 saturated heterocycles. The summed E-state index contributed by atoms with van der Waals surface area (Å²) in [7, 11) is 0. The van der Waals surface area contributed by atoms with E-state index >= 15 is 0 Å². The van der Waals surface area contributed by atoms with Gasteiger partial charge in [-0.2, -0.15) is 0 Å². The van der Waals surface area contributed by atoms with E-state index in [0.29, 0.717) is 0 Å². The summed E-state index contributed by atoms with van der Waals surface area (Å²) in [6.07, 6.45) is 14.8. The molecule has 4 nitrogen and oxygen atoms in total. The van der Waals surface area contributed by atoms with Crippen LogP contribution in [0.25, 0.3) is 0 Å². The molecule has 2 N–H and O–H groups in total. The molecule has 1 fully saturated rings. The lowest BCUT2D eigenvalue weighted by molar-refractivity contribution is -0.137. The quantitative estimate of drug-likeness (QED) is 0.288. The summed E-state index contributed by atoms with van der Waals surface area (Å²) in [5, 5.41) is 18.5. The summed E-state index contributed by atoms with van der Waals surface area (Å²) in [5.41, 5.74) is 0. The number of rotatable bonds is 14. The molecule has 0 aromatic carbocycles. The van der Waals surface area contributed by atoms with Gasteiger partial charge in [-0.05, 0) is 25.7 Å². The van der Waals surface area contributed by atoms with Gasteiger partial charge in [0.2, 0.25) is 0 Å². The number of ether oxygens (including phenoxy) is 1. The third kappa shape index (κ3) is 9.21. The molecule has 1 heterocycles. The van der Waals surface area contributed by atoms with Gasteiger partial charge in [-0.15, -0.1) is 0 Å². The molecule has 4 heteroatoms. The number of epoxide rings is 1. The number of aliphatic hydroxyl groups excluding tert-OH is 1. The van der Waals surface area contributed by atoms with Crippen molar-refractivity contribution >= 4 is 5.97 Å². The minimum absolute atomic E-state index is 0.00515. The average molecular weight is 312 g/mol. The summed E-state index contributed by atoms with van der Waals surface area (Å²) in [6, 6.07) is 0. The van der Waals surface area contributed by atoms with Crippen molar-refractivity contribution in [1.82, 2.24) is 0 Å². The molecule has 1 rings (SSSR count). The van der Waals surface area contributed by atoms with Crippen LogP contribution in [0.4, 0.5) is 0 Å². The van der Waals surface area contributed by atoms with Crippen molar-refractivity contribution in [2.24, 2.45) is 0 Å². The van der Waals surface area contributed by atoms with Crippen LogP contribution in [-0.2, 0) is 9.53 Å². The largest absolute Gasteiger partial charge is 0.481 e. The average Bonchev–Trinajstić information content (AvgIpc) is 3.25. The Hall–Kier alpha value is -0.870. The number of carboxylic acid groups (broad SMARTS) is 1. The maximum Gasteiger partial charge on any atom is 0.303 e. The normalized spacial score (nSPS) is 22.1. The Kier molecular flexibility index (Phi) is 10.2. The van der Waals surface area contributed by atoms with E-state index < -0.39 is 12.1 Å². The first-order valence-corrected chi connectivity index (χ1v) is 8.87. The molecule has 128 valence electrons. The van der Waals surface area contributed by atoms with Gasteiger partial charge >= 0.3 is 5.97 Å². The van der Waals surface area contributed by atoms with Gasteiger partial charge in [0.05, 0.1) is 6.10 Å². The van der Waals surface area contributed by atoms with Crippen molar-refractivity contribution in [3.63, 3.8) is 0 Å². The molecule has 0 saturated carbocycles. The summed E-state index contributed by atoms with van der Waals surface area (Å²) in [4.78, 5) is 10.4. The zero-order valence-electron chi connectivity index (χ0n) is 13.9. The minimum atomic E-state index is -0.703. The first-order chi connectivity index (χ1) is 10.6. The van der Waals surface area contributed by atoms with Crippen molar-refractivity contribution in [2.75, 3.05) is 0 Å². The summed E-state index contributed by atoms with van der Waals surface area (Å²) in [5.74, 6) is -0.703. The summed E-state index contributed by atoms with van der Waals surface area (Å²) >= 11 is 0. The number of unbranched alkanes of at least 4 members (excludes halogenated alkanes) is 7. The Bertz CT molecular complexity index is 327. The lowest BCUT2D eigenvalue weighted by Crippen LogP contribution is -2.13. The van der Waals surface area contributed by atoms with Crippen molar-refractivity contribution < 1.29 is 19.7 Å². The molecule has 0 aliphatic carbocycles. The van der Waals surface area contributed by atoms with Crippen molar-refractivity contribution in [3.8, 4) is 0 Å². The van der Waals surface area contributed by atoms with Gasteiger partial charge in [0.25, 0.3) is 0 Å². The lowest BCUT2D eigenvalue weighted by atomic mass is 10.0. The van der Waals surface area contributed by atoms with Crippen LogP contribution in [0, 0.1) is 0 Å². The Morgan fingerprint density at radius 2 is 1.86 bits per heavy atom. The first-order valence-electron chi connectivity index (χ1n) is 8.87. The molecule has 0 bridgehead atoms. The number of allylic oxidation sites excluding steroid dienone is 1. The van der Waals surface area contributed by atoms with Crippen LogP contribution in [-0.4, -0.2) is 34.5 Å². The highest BCUT2D eigenvalue weighted by Crippen LogP contribution is 2.31. The van der Waals surface area contributed by atoms with E-state index in [-0.39, 0.29) is 18.6 Å². The first kappa shape index (κ1) is 19.2. The Morgan fingerprint density at radius 1 is 1.14 bits per heavy atom. The molecule has 1 aliphatic heterocycles. The zero-order valence-corrected chi connectivity index (χ0v) is 13.9. The molecule has 0 aromatic rings. The van der Waals surface area contributed by atoms with Crippen LogP contribution < -0.4 is 0 Å². The predicted molar refractivity (Wildman–Crippen MR) is 87.9 cm³/mol. The molecule has 1 aliphatic rings. The monoisotopic (exact) mass is 312 g/mol. The molecule has 0 radical (unpaired) electrons. The SMILES string of the molecule is CCCCC/C=C\[C@H](O)[C@@H]1O[C@H]1CCCCCCCC(=O)O. The maximum atomic E-state index is 10.4. The highest BCUT2D eigenvalue weighted by atomic mass is 16.6. The molecule has 22 heavy (non-hydrogen) atoms. The highest BCUT2D eigenvalue weighted by Gasteiger charge is 2.42. The minimum Gasteiger partial charge on any atom is -0.481 e. The van der Waals surface area contributed by atoms with Gasteiger partial charge in [0, 0.05) is 6.42 Å². The van der Waals surface area contributed by atoms with Gasteiger partial charge in [-0.25, -0.2) is 0 Å². The summed E-state index contributed by atoms with van der Waals surface area (Å²) < 4.78 is 5.54. The topological polar surface area (TPSA) is 70.1 Å². The van der Waals surface area contributed by atoms with Crippen LogP contribution >= 0.6 is 0 Å². The van der Waals surface area contributed by atoms with Gasteiger partial charge in [0.1, 0.15) is 12.2 Å². The smallest absolute Gasteiger partial charge is 0.303 e. The van der Waals surface area contributed by atoms with Gasteiger partial charge in [-0.3, -0.25) is 4.79 Å². The van der Waals surface area contributed by atoms with E-state index in [4.69, 9.17) is 9.84 Å². The third-order valence-corrected chi connectivity index (χ3v) is 4.15. The lowest BCUT2D eigenvalue weighted by Gasteiger charge is -2.01. The Morgan fingerprint density at radius 3 is 2.59 bits per heavy atom. The fraction of sp³-hybridized carbons (Fsp3) is 0.833. The predicted octanol–water partition coefficient (Wildman–Crippen LogP) is 4.07. The number of aliphatic hydroxyl groups is 1. The van der Waals surface area contributed by atoms with Crippen molar-refractivity contribution in [2.45, 2.75) is 95.9 Å². The van der Waals surface area contributed by atoms with Crippen LogP contribution in [0.15, 0.2) is 12.2 Å². The number of aliphatic carboxylic acids is 1. The van der Waals surface area contributed by atoms with Crippen molar-refractivity contribution in [1.29, 1.82) is 0 Å². The molecule has 3 atom stereocenters. The number of hydrogen-bond donors (Lipinski definition) is 2. The van der Waals surface area contributed by atoms with E-state index in [1.807, 2.05) is 6.08 Å². The van der Waals surface area contributed by atoms with Crippen LogP contribution in [0.3, 0.4) is 0 Å². The summed E-state index contributed by atoms with van der Waals surface area (Å²) in [6.45, 7) is 2.19. The molecular weight excluding hydrogens is 280 g/mol. The van der Waals surface area contributed by atoms with Gasteiger partial charge in [-0.1, -0.05) is 57.6 Å². The molecule has 0 amide bonds. The Balaban J connectivity index is 1.93. The number of carboxylic acids is 1. The molecule has 0 spiro atoms. The van der Waals surface area contributed by atoms with E-state index in [9.17, 15) is 9.90 Å². The van der Waals surface area contributed by atoms with E-state index in [2.05, 4.69) is 13.0 Å². The second kappa shape index (κ2) is 11.7. The zero-order chi connectivity index (χ0) is 16.2. The molecule has 0 aromatic heterocycles.